The van der Waals surface area contributed by atoms with E-state index in [-0.39, 0.29) is 17.5 Å². The summed E-state index contributed by atoms with van der Waals surface area (Å²) in [5.41, 5.74) is 0.612. The van der Waals surface area contributed by atoms with Crippen molar-refractivity contribution in [1.82, 2.24) is 5.32 Å². The maximum absolute atomic E-state index is 14.1. The van der Waals surface area contributed by atoms with Crippen LogP contribution in [0.15, 0.2) is 22.7 Å². The lowest BCUT2D eigenvalue weighted by Gasteiger charge is -2.38. The van der Waals surface area contributed by atoms with Gasteiger partial charge in [-0.05, 0) is 56.5 Å². The molecule has 0 radical (unpaired) electrons. The molecule has 1 N–H and O–H groups in total. The second-order valence-electron chi connectivity index (χ2n) is 5.76. The zero-order valence-electron chi connectivity index (χ0n) is 12.9. The van der Waals surface area contributed by atoms with E-state index in [2.05, 4.69) is 28.2 Å². The van der Waals surface area contributed by atoms with E-state index in [1.54, 1.807) is 6.07 Å². The molecule has 4 heteroatoms. The quantitative estimate of drug-likeness (QED) is 0.777. The molecule has 0 aliphatic heterocycles. The third-order valence-electron chi connectivity index (χ3n) is 4.40. The molecular weight excluding hydrogens is 333 g/mol. The van der Waals surface area contributed by atoms with Gasteiger partial charge in [0.05, 0.1) is 5.60 Å². The fourth-order valence-corrected chi connectivity index (χ4v) is 3.87. The van der Waals surface area contributed by atoms with Crippen LogP contribution in [-0.4, -0.2) is 24.8 Å². The predicted octanol–water partition coefficient (Wildman–Crippen LogP) is 4.46. The second kappa shape index (κ2) is 7.70. The lowest BCUT2D eigenvalue weighted by atomic mass is 9.87. The lowest BCUT2D eigenvalue weighted by molar-refractivity contribution is -0.0610. The molecule has 118 valence electrons. The van der Waals surface area contributed by atoms with Gasteiger partial charge in [-0.15, -0.1) is 0 Å². The summed E-state index contributed by atoms with van der Waals surface area (Å²) in [6, 6.07) is 5.32. The Bertz CT molecular complexity index is 460. The second-order valence-corrected chi connectivity index (χ2v) is 6.67. The first-order valence-electron chi connectivity index (χ1n) is 7.92. The molecule has 0 saturated heterocycles. The zero-order valence-corrected chi connectivity index (χ0v) is 14.5. The fourth-order valence-electron chi connectivity index (χ4n) is 3.46. The van der Waals surface area contributed by atoms with Crippen molar-refractivity contribution < 1.29 is 9.13 Å². The van der Waals surface area contributed by atoms with E-state index in [0.717, 1.165) is 29.4 Å². The van der Waals surface area contributed by atoms with E-state index in [0.29, 0.717) is 13.0 Å². The first kappa shape index (κ1) is 16.9. The maximum Gasteiger partial charge on any atom is 0.126 e. The normalized spacial score (nSPS) is 18.9. The Morgan fingerprint density at radius 1 is 1.33 bits per heavy atom. The van der Waals surface area contributed by atoms with E-state index in [1.165, 1.54) is 18.9 Å². The highest BCUT2D eigenvalue weighted by molar-refractivity contribution is 9.10. The van der Waals surface area contributed by atoms with Crippen LogP contribution >= 0.6 is 15.9 Å². The zero-order chi connectivity index (χ0) is 15.3. The minimum atomic E-state index is -0.139. The van der Waals surface area contributed by atoms with Crippen molar-refractivity contribution in [3.05, 3.63) is 34.1 Å². The Labute approximate surface area is 135 Å². The summed E-state index contributed by atoms with van der Waals surface area (Å²) >= 11 is 3.43. The van der Waals surface area contributed by atoms with Crippen molar-refractivity contribution in [1.29, 1.82) is 0 Å². The summed E-state index contributed by atoms with van der Waals surface area (Å²) in [5, 5.41) is 3.54. The van der Waals surface area contributed by atoms with Gasteiger partial charge >= 0.3 is 0 Å². The molecule has 1 unspecified atom stereocenters. The van der Waals surface area contributed by atoms with Gasteiger partial charge in [0.15, 0.2) is 0 Å². The Morgan fingerprint density at radius 2 is 2.05 bits per heavy atom. The van der Waals surface area contributed by atoms with Crippen LogP contribution in [0.2, 0.25) is 0 Å². The van der Waals surface area contributed by atoms with Gasteiger partial charge in [0.25, 0.3) is 0 Å². The number of hydrogen-bond acceptors (Lipinski definition) is 2. The molecule has 0 aromatic heterocycles. The van der Waals surface area contributed by atoms with Crippen LogP contribution in [0, 0.1) is 5.82 Å². The van der Waals surface area contributed by atoms with Crippen LogP contribution in [0.1, 0.15) is 45.1 Å². The number of rotatable bonds is 7. The van der Waals surface area contributed by atoms with E-state index >= 15 is 0 Å². The number of nitrogens with one attached hydrogen (secondary N) is 1. The molecule has 1 aromatic rings. The summed E-state index contributed by atoms with van der Waals surface area (Å²) in [5.74, 6) is -0.134. The molecule has 1 atom stereocenters. The van der Waals surface area contributed by atoms with Gasteiger partial charge in [0.1, 0.15) is 5.82 Å². The molecule has 0 amide bonds. The maximum atomic E-state index is 14.1. The highest BCUT2D eigenvalue weighted by atomic mass is 79.9. The SMILES string of the molecule is CCNC(Cc1cc(Br)ccc1F)C1(OCC)CCCC1. The van der Waals surface area contributed by atoms with Gasteiger partial charge in [0, 0.05) is 17.1 Å². The lowest BCUT2D eigenvalue weighted by Crippen LogP contribution is -2.52. The topological polar surface area (TPSA) is 21.3 Å². The van der Waals surface area contributed by atoms with E-state index in [4.69, 9.17) is 4.74 Å². The molecule has 2 nitrogen and oxygen atoms in total. The molecule has 21 heavy (non-hydrogen) atoms. The smallest absolute Gasteiger partial charge is 0.126 e. The van der Waals surface area contributed by atoms with Gasteiger partial charge in [-0.25, -0.2) is 4.39 Å². The third kappa shape index (κ3) is 4.05. The van der Waals surface area contributed by atoms with Gasteiger partial charge in [-0.1, -0.05) is 35.7 Å². The van der Waals surface area contributed by atoms with Crippen molar-refractivity contribution in [3.63, 3.8) is 0 Å². The first-order chi connectivity index (χ1) is 10.1. The largest absolute Gasteiger partial charge is 0.374 e. The van der Waals surface area contributed by atoms with Crippen molar-refractivity contribution >= 4 is 15.9 Å². The summed E-state index contributed by atoms with van der Waals surface area (Å²) < 4.78 is 21.2. The summed E-state index contributed by atoms with van der Waals surface area (Å²) in [7, 11) is 0. The van der Waals surface area contributed by atoms with Crippen molar-refractivity contribution in [3.8, 4) is 0 Å². The molecule has 0 bridgehead atoms. The van der Waals surface area contributed by atoms with Crippen molar-refractivity contribution in [2.24, 2.45) is 0 Å². The van der Waals surface area contributed by atoms with Crippen LogP contribution in [0.5, 0.6) is 0 Å². The average Bonchev–Trinajstić information content (AvgIpc) is 2.92. The fraction of sp³-hybridized carbons (Fsp3) is 0.647. The minimum Gasteiger partial charge on any atom is -0.374 e. The Kier molecular flexibility index (Phi) is 6.20. The number of benzene rings is 1. The summed E-state index contributed by atoms with van der Waals surface area (Å²) in [6.45, 7) is 5.72. The molecule has 1 saturated carbocycles. The van der Waals surface area contributed by atoms with Crippen molar-refractivity contribution in [2.75, 3.05) is 13.2 Å². The average molecular weight is 358 g/mol. The van der Waals surface area contributed by atoms with Crippen LogP contribution in [0.25, 0.3) is 0 Å². The molecule has 1 aromatic carbocycles. The Morgan fingerprint density at radius 3 is 2.67 bits per heavy atom. The summed E-state index contributed by atoms with van der Waals surface area (Å²) in [6.07, 6.45) is 5.19. The molecule has 1 fully saturated rings. The van der Waals surface area contributed by atoms with Crippen LogP contribution in [-0.2, 0) is 11.2 Å². The number of ether oxygens (including phenoxy) is 1. The van der Waals surface area contributed by atoms with E-state index in [1.807, 2.05) is 13.0 Å². The highest BCUT2D eigenvalue weighted by Crippen LogP contribution is 2.37. The molecule has 0 heterocycles. The molecule has 2 rings (SSSR count). The first-order valence-corrected chi connectivity index (χ1v) is 8.72. The molecule has 1 aliphatic rings. The summed E-state index contributed by atoms with van der Waals surface area (Å²) in [4.78, 5) is 0. The number of hydrogen-bond donors (Lipinski definition) is 1. The number of halogens is 2. The predicted molar refractivity (Wildman–Crippen MR) is 88.1 cm³/mol. The van der Waals surface area contributed by atoms with Gasteiger partial charge < -0.3 is 10.1 Å². The monoisotopic (exact) mass is 357 g/mol. The van der Waals surface area contributed by atoms with E-state index in [9.17, 15) is 4.39 Å². The Hall–Kier alpha value is -0.450. The van der Waals surface area contributed by atoms with Crippen LogP contribution in [0.3, 0.4) is 0 Å². The standard InChI is InChI=1S/C17H25BrFNO/c1-3-20-16(17(21-4-2)9-5-6-10-17)12-13-11-14(18)7-8-15(13)19/h7-8,11,16,20H,3-6,9-10,12H2,1-2H3. The van der Waals surface area contributed by atoms with Crippen molar-refractivity contribution in [2.45, 2.75) is 57.6 Å². The third-order valence-corrected chi connectivity index (χ3v) is 4.89. The minimum absolute atomic E-state index is 0.134. The molecule has 1 aliphatic carbocycles. The van der Waals surface area contributed by atoms with Gasteiger partial charge in [-0.3, -0.25) is 0 Å². The van der Waals surface area contributed by atoms with Crippen LogP contribution < -0.4 is 5.32 Å². The molecular formula is C17H25BrFNO. The van der Waals surface area contributed by atoms with Gasteiger partial charge in [0.2, 0.25) is 0 Å². The van der Waals surface area contributed by atoms with Gasteiger partial charge in [-0.2, -0.15) is 0 Å². The number of likely N-dealkylation sites (N-methyl/N-ethyl adjacent to an activating group) is 1. The van der Waals surface area contributed by atoms with Crippen LogP contribution in [0.4, 0.5) is 4.39 Å². The van der Waals surface area contributed by atoms with E-state index < -0.39 is 0 Å². The highest BCUT2D eigenvalue weighted by Gasteiger charge is 2.41. The Balaban J connectivity index is 2.23. The molecule has 0 spiro atoms.